The Morgan fingerprint density at radius 3 is 2.56 bits per heavy atom. The Hall–Kier alpha value is -4.80. The minimum atomic E-state index is -0.381. The van der Waals surface area contributed by atoms with Crippen molar-refractivity contribution in [2.45, 2.75) is 31.7 Å². The maximum atomic E-state index is 13.4. The van der Waals surface area contributed by atoms with E-state index in [1.807, 2.05) is 30.3 Å². The lowest BCUT2D eigenvalue weighted by molar-refractivity contribution is -0.123. The largest absolute Gasteiger partial charge is 0.493 e. The van der Waals surface area contributed by atoms with E-state index in [1.54, 1.807) is 27.3 Å². The molecule has 1 aromatic heterocycles. The molecule has 3 aromatic rings. The summed E-state index contributed by atoms with van der Waals surface area (Å²) >= 11 is 0. The van der Waals surface area contributed by atoms with Crippen LogP contribution in [0.2, 0.25) is 0 Å². The Morgan fingerprint density at radius 2 is 1.79 bits per heavy atom. The third-order valence-electron chi connectivity index (χ3n) is 7.83. The van der Waals surface area contributed by atoms with Crippen molar-refractivity contribution in [3.05, 3.63) is 75.7 Å². The summed E-state index contributed by atoms with van der Waals surface area (Å²) in [6, 6.07) is 12.2. The molecule has 11 nitrogen and oxygen atoms in total. The molecule has 0 fully saturated rings. The van der Waals surface area contributed by atoms with E-state index in [4.69, 9.17) is 14.2 Å². The monoisotopic (exact) mass is 588 g/mol. The number of fused-ring (bicyclic) bond motifs is 4. The zero-order valence-corrected chi connectivity index (χ0v) is 24.6. The fourth-order valence-corrected chi connectivity index (χ4v) is 5.45. The molecular weight excluding hydrogens is 552 g/mol. The molecule has 2 N–H and O–H groups in total. The highest BCUT2D eigenvalue weighted by molar-refractivity contribution is 5.94. The van der Waals surface area contributed by atoms with Gasteiger partial charge in [-0.15, -0.1) is 0 Å². The van der Waals surface area contributed by atoms with Gasteiger partial charge in [-0.05, 0) is 47.9 Å². The van der Waals surface area contributed by atoms with E-state index in [1.165, 1.54) is 21.7 Å². The normalized spacial score (nSPS) is 17.5. The zero-order valence-electron chi connectivity index (χ0n) is 24.6. The highest BCUT2D eigenvalue weighted by atomic mass is 16.5. The van der Waals surface area contributed by atoms with Crippen LogP contribution in [0.5, 0.6) is 17.2 Å². The molecule has 2 aliphatic rings. The molecule has 1 atom stereocenters. The van der Waals surface area contributed by atoms with E-state index in [0.717, 1.165) is 22.3 Å². The summed E-state index contributed by atoms with van der Waals surface area (Å²) in [4.78, 5) is 53.0. The topological polar surface area (TPSA) is 128 Å². The molecule has 0 saturated heterocycles. The summed E-state index contributed by atoms with van der Waals surface area (Å²) in [5, 5.41) is 6.00. The number of nitrogens with zero attached hydrogens (tertiary/aromatic N) is 2. The molecule has 43 heavy (non-hydrogen) atoms. The third-order valence-corrected chi connectivity index (χ3v) is 7.83. The first-order valence-corrected chi connectivity index (χ1v) is 14.3. The molecule has 2 aromatic carbocycles. The van der Waals surface area contributed by atoms with Crippen LogP contribution < -0.4 is 30.4 Å². The number of aromatic nitrogens is 1. The van der Waals surface area contributed by atoms with Gasteiger partial charge in [0.1, 0.15) is 5.75 Å². The summed E-state index contributed by atoms with van der Waals surface area (Å²) in [5.74, 6) is 1.03. The molecule has 3 amide bonds. The second-order valence-corrected chi connectivity index (χ2v) is 10.6. The van der Waals surface area contributed by atoms with Crippen LogP contribution in [0.3, 0.4) is 0 Å². The van der Waals surface area contributed by atoms with Crippen LogP contribution >= 0.6 is 0 Å². The molecule has 1 unspecified atom stereocenters. The lowest BCUT2D eigenvalue weighted by Gasteiger charge is -2.28. The number of carbonyl (C=O) groups excluding carboxylic acids is 3. The first kappa shape index (κ1) is 29.7. The average molecular weight is 589 g/mol. The maximum absolute atomic E-state index is 13.4. The summed E-state index contributed by atoms with van der Waals surface area (Å²) in [5.41, 5.74) is 3.32. The van der Waals surface area contributed by atoms with Gasteiger partial charge in [-0.3, -0.25) is 19.2 Å². The Balaban J connectivity index is 1.48. The smallest absolute Gasteiger partial charge is 0.254 e. The van der Waals surface area contributed by atoms with Crippen LogP contribution in [0.1, 0.15) is 46.8 Å². The number of carbonyl (C=O) groups is 3. The molecule has 3 heterocycles. The first-order valence-electron chi connectivity index (χ1n) is 14.3. The first-order chi connectivity index (χ1) is 20.8. The molecule has 0 aliphatic carbocycles. The summed E-state index contributed by atoms with van der Waals surface area (Å²) in [7, 11) is 4.76. The number of methoxy groups -OCH3 is 2. The number of rotatable bonds is 3. The van der Waals surface area contributed by atoms with Gasteiger partial charge < -0.3 is 34.3 Å². The standard InChI is InChI=1S/C32H36N4O7/c1-35-12-8-22(19-30(35)39)32(40)36-13-9-29(38)34-25-10-15-43-26-6-5-21(18-24(25)26)23-16-20(4-7-28(37)33-11-14-36)17-27(41-2)31(23)42-3/h5-6,8,12,16-19,25H,4,7,9-11,13-15H2,1-3H3,(H,33,37)(H,34,38). The van der Waals surface area contributed by atoms with E-state index in [9.17, 15) is 19.2 Å². The van der Waals surface area contributed by atoms with Crippen LogP contribution in [-0.2, 0) is 23.1 Å². The number of pyridine rings is 1. The molecule has 226 valence electrons. The molecule has 2 aliphatic heterocycles. The van der Waals surface area contributed by atoms with Crippen molar-refractivity contribution in [2.75, 3.05) is 40.5 Å². The van der Waals surface area contributed by atoms with E-state index in [0.29, 0.717) is 36.7 Å². The lowest BCUT2D eigenvalue weighted by atomic mass is 9.93. The number of hydrogen-bond acceptors (Lipinski definition) is 7. The fraction of sp³-hybridized carbons (Fsp3) is 0.375. The van der Waals surface area contributed by atoms with Crippen molar-refractivity contribution >= 4 is 17.7 Å². The van der Waals surface area contributed by atoms with Gasteiger partial charge in [-0.2, -0.15) is 0 Å². The number of nitrogens with one attached hydrogen (secondary N) is 2. The highest BCUT2D eigenvalue weighted by Crippen LogP contribution is 2.42. The van der Waals surface area contributed by atoms with Crippen LogP contribution in [0.15, 0.2) is 53.5 Å². The average Bonchev–Trinajstić information content (AvgIpc) is 3.01. The van der Waals surface area contributed by atoms with E-state index in [2.05, 4.69) is 10.6 Å². The van der Waals surface area contributed by atoms with Crippen molar-refractivity contribution in [2.24, 2.45) is 7.05 Å². The number of aryl methyl sites for hydroxylation is 2. The van der Waals surface area contributed by atoms with Crippen LogP contribution in [0.4, 0.5) is 0 Å². The molecule has 0 radical (unpaired) electrons. The van der Waals surface area contributed by atoms with Gasteiger partial charge in [0.05, 0.1) is 26.9 Å². The minimum absolute atomic E-state index is 0.0456. The van der Waals surface area contributed by atoms with E-state index < -0.39 is 0 Å². The molecule has 0 saturated carbocycles. The van der Waals surface area contributed by atoms with Crippen molar-refractivity contribution in [1.29, 1.82) is 0 Å². The van der Waals surface area contributed by atoms with Crippen LogP contribution in [0.25, 0.3) is 11.1 Å². The number of ether oxygens (including phenoxy) is 3. The van der Waals surface area contributed by atoms with Crippen molar-refractivity contribution in [1.82, 2.24) is 20.1 Å². The van der Waals surface area contributed by atoms with Crippen LogP contribution in [0, 0.1) is 0 Å². The highest BCUT2D eigenvalue weighted by Gasteiger charge is 2.26. The second-order valence-electron chi connectivity index (χ2n) is 10.6. The number of benzene rings is 2. The van der Waals surface area contributed by atoms with Gasteiger partial charge in [0.25, 0.3) is 11.5 Å². The molecule has 5 rings (SSSR count). The zero-order chi connectivity index (χ0) is 30.5. The summed E-state index contributed by atoms with van der Waals surface area (Å²) in [6.45, 7) is 0.948. The number of amides is 3. The Kier molecular flexibility index (Phi) is 8.98. The fourth-order valence-electron chi connectivity index (χ4n) is 5.45. The molecule has 0 spiro atoms. The number of hydrogen-bond donors (Lipinski definition) is 2. The van der Waals surface area contributed by atoms with Crippen molar-refractivity contribution in [3.8, 4) is 28.4 Å². The Morgan fingerprint density at radius 1 is 0.953 bits per heavy atom. The van der Waals surface area contributed by atoms with Gasteiger partial charge in [-0.25, -0.2) is 0 Å². The molecule has 4 bridgehead atoms. The predicted octanol–water partition coefficient (Wildman–Crippen LogP) is 2.60. The predicted molar refractivity (Wildman–Crippen MR) is 160 cm³/mol. The van der Waals surface area contributed by atoms with Gasteiger partial charge in [-0.1, -0.05) is 6.07 Å². The maximum Gasteiger partial charge on any atom is 0.254 e. The van der Waals surface area contributed by atoms with Gasteiger partial charge in [0.15, 0.2) is 11.5 Å². The Bertz CT molecular complexity index is 1600. The van der Waals surface area contributed by atoms with Crippen molar-refractivity contribution in [3.63, 3.8) is 0 Å². The molecule has 11 heteroatoms. The van der Waals surface area contributed by atoms with E-state index >= 15 is 0 Å². The summed E-state index contributed by atoms with van der Waals surface area (Å²) in [6.07, 6.45) is 2.85. The van der Waals surface area contributed by atoms with Crippen LogP contribution in [-0.4, -0.2) is 67.6 Å². The van der Waals surface area contributed by atoms with E-state index in [-0.39, 0.29) is 67.4 Å². The second kappa shape index (κ2) is 13.0. The third kappa shape index (κ3) is 6.66. The SMILES string of the molecule is COc1cc2cc(c1OC)-c1ccc3c(c1)C(CCO3)NC(=O)CCN(C(=O)c1ccn(C)c(=O)c1)CCNC(=O)CC2. The quantitative estimate of drug-likeness (QED) is 0.482. The lowest BCUT2D eigenvalue weighted by Crippen LogP contribution is -2.41. The van der Waals surface area contributed by atoms with Gasteiger partial charge in [0, 0.05) is 74.9 Å². The van der Waals surface area contributed by atoms with Gasteiger partial charge in [0.2, 0.25) is 11.8 Å². The Labute approximate surface area is 249 Å². The van der Waals surface area contributed by atoms with Crippen molar-refractivity contribution < 1.29 is 28.6 Å². The summed E-state index contributed by atoms with van der Waals surface area (Å²) < 4.78 is 18.7. The minimum Gasteiger partial charge on any atom is -0.493 e. The van der Waals surface area contributed by atoms with Gasteiger partial charge >= 0.3 is 0 Å². The molecular formula is C32H36N4O7.